The average molecular weight is 339 g/mol. The van der Waals surface area contributed by atoms with Crippen LogP contribution in [0.2, 0.25) is 10.0 Å². The number of halogens is 2. The first-order valence-corrected chi connectivity index (χ1v) is 8.50. The zero-order valence-corrected chi connectivity index (χ0v) is 13.1. The van der Waals surface area contributed by atoms with Crippen molar-refractivity contribution in [2.24, 2.45) is 0 Å². The second-order valence-corrected chi connectivity index (χ2v) is 7.22. The molecule has 2 rings (SSSR count). The van der Waals surface area contributed by atoms with Crippen LogP contribution in [0.15, 0.2) is 17.0 Å². The highest BCUT2D eigenvalue weighted by atomic mass is 35.5. The van der Waals surface area contributed by atoms with Crippen LogP contribution in [0.5, 0.6) is 0 Å². The zero-order chi connectivity index (χ0) is 14.8. The predicted molar refractivity (Wildman–Crippen MR) is 79.7 cm³/mol. The Labute approximate surface area is 128 Å². The van der Waals surface area contributed by atoms with Gasteiger partial charge < -0.3 is 10.5 Å². The van der Waals surface area contributed by atoms with Crippen molar-refractivity contribution in [1.82, 2.24) is 4.72 Å². The molecule has 0 saturated carbocycles. The number of anilines is 1. The van der Waals surface area contributed by atoms with Gasteiger partial charge in [0.25, 0.3) is 0 Å². The molecule has 0 amide bonds. The molecule has 1 heterocycles. The number of benzene rings is 1. The number of hydrogen-bond donors (Lipinski definition) is 2. The van der Waals surface area contributed by atoms with E-state index in [2.05, 4.69) is 4.72 Å². The highest BCUT2D eigenvalue weighted by Crippen LogP contribution is 2.30. The molecule has 0 unspecified atom stereocenters. The van der Waals surface area contributed by atoms with Crippen molar-refractivity contribution in [2.75, 3.05) is 18.9 Å². The van der Waals surface area contributed by atoms with Crippen LogP contribution in [-0.4, -0.2) is 27.7 Å². The quantitative estimate of drug-likeness (QED) is 0.826. The molecule has 1 aliphatic rings. The first-order valence-electron chi connectivity index (χ1n) is 6.26. The van der Waals surface area contributed by atoms with E-state index in [4.69, 9.17) is 33.7 Å². The van der Waals surface area contributed by atoms with Gasteiger partial charge in [0.1, 0.15) is 0 Å². The number of nitrogen functional groups attached to an aromatic ring is 1. The van der Waals surface area contributed by atoms with E-state index in [1.54, 1.807) is 0 Å². The van der Waals surface area contributed by atoms with Gasteiger partial charge in [-0.25, -0.2) is 13.1 Å². The summed E-state index contributed by atoms with van der Waals surface area (Å²) in [6.07, 6.45) is 2.84. The summed E-state index contributed by atoms with van der Waals surface area (Å²) < 4.78 is 32.3. The Kier molecular flexibility index (Phi) is 5.14. The van der Waals surface area contributed by atoms with Crippen molar-refractivity contribution in [1.29, 1.82) is 0 Å². The molecule has 0 spiro atoms. The number of sulfonamides is 1. The molecule has 0 bridgehead atoms. The first-order chi connectivity index (χ1) is 9.40. The van der Waals surface area contributed by atoms with Gasteiger partial charge in [0.15, 0.2) is 0 Å². The summed E-state index contributed by atoms with van der Waals surface area (Å²) in [5.74, 6) is 0. The monoisotopic (exact) mass is 338 g/mol. The lowest BCUT2D eigenvalue weighted by Gasteiger charge is -2.22. The van der Waals surface area contributed by atoms with Gasteiger partial charge >= 0.3 is 0 Å². The van der Waals surface area contributed by atoms with Gasteiger partial charge in [-0.05, 0) is 31.4 Å². The third kappa shape index (κ3) is 3.77. The molecule has 20 heavy (non-hydrogen) atoms. The largest absolute Gasteiger partial charge is 0.396 e. The molecule has 3 N–H and O–H groups in total. The molecular weight excluding hydrogens is 323 g/mol. The second-order valence-electron chi connectivity index (χ2n) is 4.64. The van der Waals surface area contributed by atoms with Gasteiger partial charge in [-0.1, -0.05) is 23.2 Å². The maximum Gasteiger partial charge on any atom is 0.240 e. The molecule has 1 aromatic rings. The molecule has 1 aliphatic heterocycles. The van der Waals surface area contributed by atoms with E-state index < -0.39 is 10.0 Å². The fourth-order valence-corrected chi connectivity index (χ4v) is 3.71. The minimum absolute atomic E-state index is 0.00231. The van der Waals surface area contributed by atoms with Gasteiger partial charge in [0.2, 0.25) is 10.0 Å². The third-order valence-electron chi connectivity index (χ3n) is 3.14. The maximum absolute atomic E-state index is 12.2. The van der Waals surface area contributed by atoms with E-state index in [-0.39, 0.29) is 33.3 Å². The molecule has 0 radical (unpaired) electrons. The molecule has 112 valence electrons. The molecule has 8 heteroatoms. The Bertz CT molecular complexity index is 563. The Hall–Kier alpha value is -0.530. The maximum atomic E-state index is 12.2. The summed E-state index contributed by atoms with van der Waals surface area (Å²) in [5, 5.41) is 0.235. The highest BCUT2D eigenvalue weighted by molar-refractivity contribution is 7.89. The van der Waals surface area contributed by atoms with Crippen LogP contribution in [0.3, 0.4) is 0 Å². The fourth-order valence-electron chi connectivity index (χ4n) is 1.97. The first kappa shape index (κ1) is 15.9. The molecule has 0 aliphatic carbocycles. The zero-order valence-electron chi connectivity index (χ0n) is 10.7. The van der Waals surface area contributed by atoms with E-state index in [1.165, 1.54) is 12.1 Å². The van der Waals surface area contributed by atoms with Gasteiger partial charge in [0.05, 0.1) is 26.7 Å². The summed E-state index contributed by atoms with van der Waals surface area (Å²) >= 11 is 11.7. The Balaban J connectivity index is 2.10. The molecule has 5 nitrogen and oxygen atoms in total. The van der Waals surface area contributed by atoms with E-state index in [9.17, 15) is 8.42 Å². The van der Waals surface area contributed by atoms with E-state index >= 15 is 0 Å². The molecule has 0 aromatic heterocycles. The Morgan fingerprint density at radius 1 is 1.30 bits per heavy atom. The van der Waals surface area contributed by atoms with Gasteiger partial charge in [-0.2, -0.15) is 0 Å². The van der Waals surface area contributed by atoms with Crippen LogP contribution >= 0.6 is 23.2 Å². The van der Waals surface area contributed by atoms with Gasteiger partial charge in [-0.15, -0.1) is 0 Å². The number of rotatable bonds is 4. The minimum Gasteiger partial charge on any atom is -0.396 e. The SMILES string of the molecule is Nc1c(Cl)cc(S(=O)(=O)NC[C@@H]2CCCCO2)cc1Cl. The van der Waals surface area contributed by atoms with Crippen molar-refractivity contribution in [3.8, 4) is 0 Å². The van der Waals surface area contributed by atoms with Crippen molar-refractivity contribution in [3.63, 3.8) is 0 Å². The average Bonchev–Trinajstić information content (AvgIpc) is 2.43. The summed E-state index contributed by atoms with van der Waals surface area (Å²) in [6.45, 7) is 0.911. The second kappa shape index (κ2) is 6.49. The predicted octanol–water partition coefficient (Wildman–Crippen LogP) is 2.42. The molecular formula is C12H16Cl2N2O3S. The van der Waals surface area contributed by atoms with Crippen LogP contribution in [0.25, 0.3) is 0 Å². The van der Waals surface area contributed by atoms with Crippen molar-refractivity contribution < 1.29 is 13.2 Å². The van der Waals surface area contributed by atoms with Crippen LogP contribution in [-0.2, 0) is 14.8 Å². The van der Waals surface area contributed by atoms with Crippen LogP contribution in [0.4, 0.5) is 5.69 Å². The molecule has 1 atom stereocenters. The Morgan fingerprint density at radius 3 is 2.50 bits per heavy atom. The standard InChI is InChI=1S/C12H16Cl2N2O3S/c13-10-5-9(6-11(14)12(10)15)20(17,18)16-7-8-3-1-2-4-19-8/h5-6,8,16H,1-4,7,15H2/t8-/m0/s1. The summed E-state index contributed by atoms with van der Waals surface area (Å²) in [4.78, 5) is -0.00231. The lowest BCUT2D eigenvalue weighted by Crippen LogP contribution is -2.35. The normalized spacial score (nSPS) is 20.0. The van der Waals surface area contributed by atoms with Gasteiger partial charge in [-0.3, -0.25) is 0 Å². The third-order valence-corrected chi connectivity index (χ3v) is 5.17. The Morgan fingerprint density at radius 2 is 1.95 bits per heavy atom. The highest BCUT2D eigenvalue weighted by Gasteiger charge is 2.20. The fraction of sp³-hybridized carbons (Fsp3) is 0.500. The van der Waals surface area contributed by atoms with Crippen molar-refractivity contribution >= 4 is 38.9 Å². The van der Waals surface area contributed by atoms with Crippen LogP contribution in [0, 0.1) is 0 Å². The van der Waals surface area contributed by atoms with E-state index in [0.717, 1.165) is 19.3 Å². The number of nitrogens with two attached hydrogens (primary N) is 1. The minimum atomic E-state index is -3.68. The lowest BCUT2D eigenvalue weighted by molar-refractivity contribution is 0.0200. The summed E-state index contributed by atoms with van der Waals surface area (Å²) in [5.41, 5.74) is 5.76. The van der Waals surface area contributed by atoms with E-state index in [1.807, 2.05) is 0 Å². The van der Waals surface area contributed by atoms with Crippen molar-refractivity contribution in [2.45, 2.75) is 30.3 Å². The summed E-state index contributed by atoms with van der Waals surface area (Å²) in [6, 6.07) is 2.57. The number of ether oxygens (including phenoxy) is 1. The molecule has 1 fully saturated rings. The number of hydrogen-bond acceptors (Lipinski definition) is 4. The summed E-state index contributed by atoms with van der Waals surface area (Å²) in [7, 11) is -3.68. The van der Waals surface area contributed by atoms with Crippen molar-refractivity contribution in [3.05, 3.63) is 22.2 Å². The molecule has 1 saturated heterocycles. The molecule has 1 aromatic carbocycles. The smallest absolute Gasteiger partial charge is 0.240 e. The topological polar surface area (TPSA) is 81.4 Å². The number of nitrogens with one attached hydrogen (secondary N) is 1. The van der Waals surface area contributed by atoms with E-state index in [0.29, 0.717) is 6.61 Å². The lowest BCUT2D eigenvalue weighted by atomic mass is 10.1. The van der Waals surface area contributed by atoms with Crippen LogP contribution in [0.1, 0.15) is 19.3 Å². The van der Waals surface area contributed by atoms with Crippen LogP contribution < -0.4 is 10.5 Å². The van der Waals surface area contributed by atoms with Gasteiger partial charge in [0, 0.05) is 13.2 Å².